The van der Waals surface area contributed by atoms with Crippen molar-refractivity contribution in [1.82, 2.24) is 4.90 Å². The van der Waals surface area contributed by atoms with Gasteiger partial charge in [0.1, 0.15) is 5.66 Å². The van der Waals surface area contributed by atoms with Gasteiger partial charge in [-0.25, -0.2) is 0 Å². The molecule has 2 aromatic rings. The third-order valence-corrected chi connectivity index (χ3v) is 6.28. The molecule has 0 radical (unpaired) electrons. The Bertz CT molecular complexity index is 781. The summed E-state index contributed by atoms with van der Waals surface area (Å²) in [5, 5.41) is 3.60. The Hall–Kier alpha value is -2.14. The number of nitrogens with one attached hydrogen (secondary N) is 1. The third kappa shape index (κ3) is 2.63. The summed E-state index contributed by atoms with van der Waals surface area (Å²) in [6, 6.07) is 17.7. The highest BCUT2D eigenvalue weighted by Gasteiger charge is 2.46. The van der Waals surface area contributed by atoms with E-state index in [-0.39, 0.29) is 5.91 Å². The molecule has 1 N–H and O–H groups in total. The second-order valence-corrected chi connectivity index (χ2v) is 8.12. The molecule has 2 aliphatic heterocycles. The van der Waals surface area contributed by atoms with Crippen LogP contribution in [0.1, 0.15) is 28.8 Å². The quantitative estimate of drug-likeness (QED) is 0.914. The average Bonchev–Trinajstić information content (AvgIpc) is 2.62. The molecule has 2 heterocycles. The van der Waals surface area contributed by atoms with Crippen molar-refractivity contribution in [3.8, 4) is 0 Å². The zero-order valence-electron chi connectivity index (χ0n) is 13.4. The van der Waals surface area contributed by atoms with Crippen molar-refractivity contribution in [2.45, 2.75) is 25.0 Å². The molecule has 5 heteroatoms. The Kier molecular flexibility index (Phi) is 3.88. The Morgan fingerprint density at radius 1 is 1.00 bits per heavy atom. The number of nitrogens with zero attached hydrogens (tertiary/aromatic N) is 1. The van der Waals surface area contributed by atoms with Gasteiger partial charge in [-0.2, -0.15) is 0 Å². The predicted molar refractivity (Wildman–Crippen MR) is 96.2 cm³/mol. The van der Waals surface area contributed by atoms with Crippen LogP contribution in [0.3, 0.4) is 0 Å². The van der Waals surface area contributed by atoms with Crippen molar-refractivity contribution in [3.05, 3.63) is 65.7 Å². The minimum Gasteiger partial charge on any atom is -0.362 e. The summed E-state index contributed by atoms with van der Waals surface area (Å²) >= 11 is 0. The van der Waals surface area contributed by atoms with E-state index in [1.54, 1.807) is 0 Å². The van der Waals surface area contributed by atoms with Crippen LogP contribution in [0.2, 0.25) is 0 Å². The first-order chi connectivity index (χ1) is 11.7. The molecule has 0 unspecified atom stereocenters. The van der Waals surface area contributed by atoms with Crippen LogP contribution in [0.15, 0.2) is 54.6 Å². The topological polar surface area (TPSA) is 49.4 Å². The fraction of sp³-hybridized carbons (Fsp3) is 0.316. The van der Waals surface area contributed by atoms with Gasteiger partial charge < -0.3 is 10.2 Å². The van der Waals surface area contributed by atoms with Crippen molar-refractivity contribution in [2.75, 3.05) is 16.8 Å². The van der Waals surface area contributed by atoms with Gasteiger partial charge in [-0.1, -0.05) is 42.5 Å². The number of rotatable bonds is 2. The summed E-state index contributed by atoms with van der Waals surface area (Å²) in [6.45, 7) is 0.563. The van der Waals surface area contributed by atoms with Gasteiger partial charge in [0, 0.05) is 47.4 Å². The number of anilines is 1. The minimum atomic E-state index is -0.776. The highest BCUT2D eigenvalue weighted by atomic mass is 32.2. The van der Waals surface area contributed by atoms with Crippen molar-refractivity contribution >= 4 is 22.4 Å². The first-order valence-electron chi connectivity index (χ1n) is 8.26. The predicted octanol–water partition coefficient (Wildman–Crippen LogP) is 2.99. The average molecular weight is 340 g/mol. The van der Waals surface area contributed by atoms with E-state index < -0.39 is 16.5 Å². The Balaban J connectivity index is 1.74. The Labute approximate surface area is 144 Å². The molecule has 2 aromatic carbocycles. The third-order valence-electron chi connectivity index (χ3n) is 4.96. The molecule has 0 aromatic heterocycles. The number of carbonyl (C=O) groups is 1. The summed E-state index contributed by atoms with van der Waals surface area (Å²) < 4.78 is 11.9. The normalized spacial score (nSPS) is 26.1. The number of carbonyl (C=O) groups excluding carboxylic acids is 1. The first-order valence-corrected chi connectivity index (χ1v) is 9.75. The Morgan fingerprint density at radius 2 is 1.67 bits per heavy atom. The maximum Gasteiger partial charge on any atom is 0.258 e. The molecule has 1 fully saturated rings. The van der Waals surface area contributed by atoms with E-state index in [0.717, 1.165) is 11.3 Å². The highest BCUT2D eigenvalue weighted by Crippen LogP contribution is 2.38. The van der Waals surface area contributed by atoms with Gasteiger partial charge in [0.2, 0.25) is 0 Å². The molecule has 1 saturated heterocycles. The molecule has 2 aliphatic rings. The molecular weight excluding hydrogens is 320 g/mol. The van der Waals surface area contributed by atoms with Crippen LogP contribution in [0.25, 0.3) is 0 Å². The van der Waals surface area contributed by atoms with E-state index >= 15 is 0 Å². The van der Waals surface area contributed by atoms with Gasteiger partial charge >= 0.3 is 0 Å². The summed E-state index contributed by atoms with van der Waals surface area (Å²) in [5.41, 5.74) is 2.28. The molecule has 1 spiro atoms. The van der Waals surface area contributed by atoms with E-state index in [4.69, 9.17) is 0 Å². The number of para-hydroxylation sites is 1. The molecule has 124 valence electrons. The molecule has 24 heavy (non-hydrogen) atoms. The second kappa shape index (κ2) is 6.06. The maximum atomic E-state index is 13.2. The molecule has 0 saturated carbocycles. The van der Waals surface area contributed by atoms with Crippen molar-refractivity contribution in [2.24, 2.45) is 0 Å². The number of amides is 1. The zero-order chi connectivity index (χ0) is 16.6. The number of hydrogen-bond acceptors (Lipinski definition) is 3. The van der Waals surface area contributed by atoms with Crippen LogP contribution in [-0.4, -0.2) is 32.2 Å². The lowest BCUT2D eigenvalue weighted by molar-refractivity contribution is 0.0450. The second-order valence-electron chi connectivity index (χ2n) is 6.43. The zero-order valence-corrected chi connectivity index (χ0v) is 14.2. The van der Waals surface area contributed by atoms with E-state index in [2.05, 4.69) is 5.32 Å². The number of fused-ring (bicyclic) bond motifs is 1. The lowest BCUT2D eigenvalue weighted by atomic mass is 9.93. The van der Waals surface area contributed by atoms with Crippen LogP contribution in [0, 0.1) is 0 Å². The van der Waals surface area contributed by atoms with Crippen LogP contribution >= 0.6 is 0 Å². The SMILES string of the molecule is O=C1c2ccccc2NC2(CCS(=O)CC2)N1Cc1ccccc1. The first kappa shape index (κ1) is 15.4. The van der Waals surface area contributed by atoms with Gasteiger partial charge in [0.05, 0.1) is 5.56 Å². The smallest absolute Gasteiger partial charge is 0.258 e. The minimum absolute atomic E-state index is 0.0564. The van der Waals surface area contributed by atoms with E-state index in [1.165, 1.54) is 0 Å². The lowest BCUT2D eigenvalue weighted by Crippen LogP contribution is -2.62. The molecule has 0 aliphatic carbocycles. The summed E-state index contributed by atoms with van der Waals surface area (Å²) in [4.78, 5) is 15.1. The van der Waals surface area contributed by atoms with Gasteiger partial charge in [0.25, 0.3) is 5.91 Å². The summed E-state index contributed by atoms with van der Waals surface area (Å²) in [7, 11) is -0.776. The van der Waals surface area contributed by atoms with Crippen LogP contribution in [0.5, 0.6) is 0 Å². The van der Waals surface area contributed by atoms with Crippen LogP contribution < -0.4 is 5.32 Å². The van der Waals surface area contributed by atoms with Gasteiger partial charge in [-0.3, -0.25) is 9.00 Å². The van der Waals surface area contributed by atoms with Gasteiger partial charge in [-0.05, 0) is 17.7 Å². The fourth-order valence-electron chi connectivity index (χ4n) is 3.61. The van der Waals surface area contributed by atoms with E-state index in [9.17, 15) is 9.00 Å². The monoisotopic (exact) mass is 340 g/mol. The molecule has 1 amide bonds. The number of benzene rings is 2. The molecule has 4 nitrogen and oxygen atoms in total. The summed E-state index contributed by atoms with van der Waals surface area (Å²) in [6.07, 6.45) is 1.43. The van der Waals surface area contributed by atoms with Crippen molar-refractivity contribution in [3.63, 3.8) is 0 Å². The molecule has 0 bridgehead atoms. The maximum absolute atomic E-state index is 13.2. The fourth-order valence-corrected chi connectivity index (χ4v) is 4.95. The molecule has 0 atom stereocenters. The Morgan fingerprint density at radius 3 is 2.42 bits per heavy atom. The van der Waals surface area contributed by atoms with Crippen LogP contribution in [0.4, 0.5) is 5.69 Å². The standard InChI is InChI=1S/C19H20N2O2S/c22-18-16-8-4-5-9-17(16)20-19(10-12-24(23)13-11-19)21(18)14-15-6-2-1-3-7-15/h1-9,20H,10-14H2. The van der Waals surface area contributed by atoms with Gasteiger partial charge in [-0.15, -0.1) is 0 Å². The van der Waals surface area contributed by atoms with Crippen LogP contribution in [-0.2, 0) is 17.3 Å². The lowest BCUT2D eigenvalue weighted by Gasteiger charge is -2.50. The van der Waals surface area contributed by atoms with E-state index in [1.807, 2.05) is 59.5 Å². The number of hydrogen-bond donors (Lipinski definition) is 1. The van der Waals surface area contributed by atoms with E-state index in [0.29, 0.717) is 36.5 Å². The van der Waals surface area contributed by atoms with Crippen molar-refractivity contribution < 1.29 is 9.00 Å². The van der Waals surface area contributed by atoms with Gasteiger partial charge in [0.15, 0.2) is 0 Å². The van der Waals surface area contributed by atoms with Crippen molar-refractivity contribution in [1.29, 1.82) is 0 Å². The highest BCUT2D eigenvalue weighted by molar-refractivity contribution is 7.85. The molecular formula is C19H20N2O2S. The molecule has 4 rings (SSSR count). The largest absolute Gasteiger partial charge is 0.362 e. The summed E-state index contributed by atoms with van der Waals surface area (Å²) in [5.74, 6) is 1.32.